The summed E-state index contributed by atoms with van der Waals surface area (Å²) < 4.78 is 27.4. The number of rotatable bonds is 4. The van der Waals surface area contributed by atoms with Crippen LogP contribution in [0.25, 0.3) is 0 Å². The summed E-state index contributed by atoms with van der Waals surface area (Å²) in [5, 5.41) is 33.9. The van der Waals surface area contributed by atoms with Crippen LogP contribution in [0.4, 0.5) is 20.2 Å². The summed E-state index contributed by atoms with van der Waals surface area (Å²) in [7, 11) is -1.82. The standard InChI is InChI=1S/C13H9BF2N2O4/c15-9-5-7(13(19)20)6-10(16)12(9)18-17-11-4-2-1-3-8(11)14(21)22/h1-6,21-22H,(H,19,20)/b18-17+. The summed E-state index contributed by atoms with van der Waals surface area (Å²) in [6, 6.07) is 7.02. The van der Waals surface area contributed by atoms with Gasteiger partial charge in [0.05, 0.1) is 11.3 Å². The van der Waals surface area contributed by atoms with Crippen LogP contribution in [-0.4, -0.2) is 28.2 Å². The third-order valence-electron chi connectivity index (χ3n) is 2.74. The van der Waals surface area contributed by atoms with Gasteiger partial charge in [0, 0.05) is 5.46 Å². The Hall–Kier alpha value is -2.65. The van der Waals surface area contributed by atoms with Gasteiger partial charge in [-0.05, 0) is 18.2 Å². The second kappa shape index (κ2) is 6.42. The fraction of sp³-hybridized carbons (Fsp3) is 0. The third-order valence-corrected chi connectivity index (χ3v) is 2.74. The van der Waals surface area contributed by atoms with E-state index in [-0.39, 0.29) is 11.2 Å². The normalized spacial score (nSPS) is 10.9. The Labute approximate surface area is 123 Å². The Morgan fingerprint density at radius 1 is 1.05 bits per heavy atom. The summed E-state index contributed by atoms with van der Waals surface area (Å²) in [5.74, 6) is -3.86. The number of azo groups is 1. The highest BCUT2D eigenvalue weighted by Crippen LogP contribution is 2.25. The number of nitrogens with zero attached hydrogens (tertiary/aromatic N) is 2. The molecule has 0 aliphatic carbocycles. The molecule has 0 unspecified atom stereocenters. The molecule has 112 valence electrons. The molecule has 0 heterocycles. The predicted octanol–water partition coefficient (Wildman–Crippen LogP) is 1.76. The number of hydrogen-bond donors (Lipinski definition) is 3. The Morgan fingerprint density at radius 3 is 2.18 bits per heavy atom. The second-order valence-electron chi connectivity index (χ2n) is 4.23. The topological polar surface area (TPSA) is 102 Å². The molecule has 3 N–H and O–H groups in total. The zero-order valence-electron chi connectivity index (χ0n) is 10.9. The maximum atomic E-state index is 13.7. The highest BCUT2D eigenvalue weighted by atomic mass is 19.1. The van der Waals surface area contributed by atoms with Crippen LogP contribution < -0.4 is 5.46 Å². The van der Waals surface area contributed by atoms with Crippen molar-refractivity contribution in [2.24, 2.45) is 10.2 Å². The number of hydrogen-bond acceptors (Lipinski definition) is 5. The first-order valence-electron chi connectivity index (χ1n) is 5.99. The van der Waals surface area contributed by atoms with Crippen molar-refractivity contribution < 1.29 is 28.7 Å². The van der Waals surface area contributed by atoms with E-state index in [9.17, 15) is 13.6 Å². The van der Waals surface area contributed by atoms with Gasteiger partial charge in [0.15, 0.2) is 17.3 Å². The summed E-state index contributed by atoms with van der Waals surface area (Å²) in [5.41, 5.74) is -1.31. The van der Waals surface area contributed by atoms with Crippen LogP contribution in [0, 0.1) is 11.6 Å². The third kappa shape index (κ3) is 3.33. The van der Waals surface area contributed by atoms with E-state index >= 15 is 0 Å². The molecule has 0 amide bonds. The monoisotopic (exact) mass is 306 g/mol. The van der Waals surface area contributed by atoms with E-state index < -0.39 is 36.0 Å². The number of carboxylic acids is 1. The molecular formula is C13H9BF2N2O4. The molecule has 0 saturated heterocycles. The van der Waals surface area contributed by atoms with Crippen molar-refractivity contribution in [3.05, 3.63) is 53.6 Å². The molecule has 2 aromatic carbocycles. The quantitative estimate of drug-likeness (QED) is 0.591. The van der Waals surface area contributed by atoms with E-state index in [1.807, 2.05) is 0 Å². The first-order chi connectivity index (χ1) is 10.4. The minimum Gasteiger partial charge on any atom is -0.478 e. The summed E-state index contributed by atoms with van der Waals surface area (Å²) in [6.07, 6.45) is 0. The zero-order chi connectivity index (χ0) is 16.3. The molecule has 0 aliphatic rings. The van der Waals surface area contributed by atoms with Gasteiger partial charge in [-0.15, -0.1) is 5.11 Å². The van der Waals surface area contributed by atoms with Crippen LogP contribution >= 0.6 is 0 Å². The van der Waals surface area contributed by atoms with Crippen LogP contribution in [0.15, 0.2) is 46.6 Å². The molecule has 0 fully saturated rings. The van der Waals surface area contributed by atoms with E-state index in [1.54, 1.807) is 0 Å². The fourth-order valence-corrected chi connectivity index (χ4v) is 1.69. The van der Waals surface area contributed by atoms with Crippen molar-refractivity contribution >= 4 is 29.9 Å². The van der Waals surface area contributed by atoms with Gasteiger partial charge in [-0.3, -0.25) is 0 Å². The molecule has 6 nitrogen and oxygen atoms in total. The van der Waals surface area contributed by atoms with Crippen molar-refractivity contribution in [2.75, 3.05) is 0 Å². The number of carboxylic acid groups (broad SMARTS) is 1. The van der Waals surface area contributed by atoms with E-state index in [1.165, 1.54) is 24.3 Å². The largest absolute Gasteiger partial charge is 0.490 e. The highest BCUT2D eigenvalue weighted by molar-refractivity contribution is 6.60. The molecule has 0 saturated carbocycles. The Bertz CT molecular complexity index is 730. The van der Waals surface area contributed by atoms with Crippen LogP contribution in [-0.2, 0) is 0 Å². The van der Waals surface area contributed by atoms with Gasteiger partial charge in [-0.1, -0.05) is 18.2 Å². The van der Waals surface area contributed by atoms with Crippen molar-refractivity contribution in [1.29, 1.82) is 0 Å². The van der Waals surface area contributed by atoms with E-state index in [0.29, 0.717) is 12.1 Å². The summed E-state index contributed by atoms with van der Waals surface area (Å²) in [6.45, 7) is 0. The van der Waals surface area contributed by atoms with Crippen LogP contribution in [0.3, 0.4) is 0 Å². The first-order valence-corrected chi connectivity index (χ1v) is 5.99. The van der Waals surface area contributed by atoms with Gasteiger partial charge in [0.1, 0.15) is 0 Å². The molecule has 0 aliphatic heterocycles. The lowest BCUT2D eigenvalue weighted by Crippen LogP contribution is -2.29. The number of benzene rings is 2. The SMILES string of the molecule is O=C(O)c1cc(F)c(/N=N/c2ccccc2B(O)O)c(F)c1. The molecule has 0 spiro atoms. The fourth-order valence-electron chi connectivity index (χ4n) is 1.69. The molecule has 2 rings (SSSR count). The van der Waals surface area contributed by atoms with Gasteiger partial charge in [-0.2, -0.15) is 5.11 Å². The number of carbonyl (C=O) groups is 1. The maximum Gasteiger partial charge on any atom is 0.490 e. The van der Waals surface area contributed by atoms with Gasteiger partial charge in [0.25, 0.3) is 0 Å². The molecule has 0 atom stereocenters. The lowest BCUT2D eigenvalue weighted by molar-refractivity contribution is 0.0695. The van der Waals surface area contributed by atoms with Crippen molar-refractivity contribution in [2.45, 2.75) is 0 Å². The molecule has 2 aromatic rings. The minimum absolute atomic E-state index is 0.00854. The molecule has 0 radical (unpaired) electrons. The van der Waals surface area contributed by atoms with Crippen molar-refractivity contribution in [3.63, 3.8) is 0 Å². The highest BCUT2D eigenvalue weighted by Gasteiger charge is 2.17. The number of halogens is 2. The van der Waals surface area contributed by atoms with Crippen LogP contribution in [0.1, 0.15) is 10.4 Å². The van der Waals surface area contributed by atoms with E-state index in [4.69, 9.17) is 15.2 Å². The summed E-state index contributed by atoms with van der Waals surface area (Å²) >= 11 is 0. The molecular weight excluding hydrogens is 297 g/mol. The Morgan fingerprint density at radius 2 is 1.64 bits per heavy atom. The Kier molecular flexibility index (Phi) is 4.59. The maximum absolute atomic E-state index is 13.7. The lowest BCUT2D eigenvalue weighted by Gasteiger charge is -2.03. The molecule has 9 heteroatoms. The average molecular weight is 306 g/mol. The molecule has 0 bridgehead atoms. The molecule has 22 heavy (non-hydrogen) atoms. The summed E-state index contributed by atoms with van der Waals surface area (Å²) in [4.78, 5) is 10.7. The minimum atomic E-state index is -1.82. The van der Waals surface area contributed by atoms with E-state index in [2.05, 4.69) is 10.2 Å². The lowest BCUT2D eigenvalue weighted by atomic mass is 9.79. The van der Waals surface area contributed by atoms with Gasteiger partial charge in [-0.25, -0.2) is 13.6 Å². The van der Waals surface area contributed by atoms with Crippen LogP contribution in [0.2, 0.25) is 0 Å². The van der Waals surface area contributed by atoms with E-state index in [0.717, 1.165) is 0 Å². The van der Waals surface area contributed by atoms with Gasteiger partial charge < -0.3 is 15.2 Å². The molecule has 0 aromatic heterocycles. The van der Waals surface area contributed by atoms with Crippen molar-refractivity contribution in [1.82, 2.24) is 0 Å². The zero-order valence-corrected chi connectivity index (χ0v) is 10.9. The van der Waals surface area contributed by atoms with Crippen LogP contribution in [0.5, 0.6) is 0 Å². The van der Waals surface area contributed by atoms with Gasteiger partial charge in [0.2, 0.25) is 0 Å². The predicted molar refractivity (Wildman–Crippen MR) is 73.8 cm³/mol. The van der Waals surface area contributed by atoms with Gasteiger partial charge >= 0.3 is 13.1 Å². The number of aromatic carboxylic acids is 1. The smallest absolute Gasteiger partial charge is 0.478 e. The average Bonchev–Trinajstić information content (AvgIpc) is 2.46. The van der Waals surface area contributed by atoms with Crippen molar-refractivity contribution in [3.8, 4) is 0 Å². The Balaban J connectivity index is 2.41. The second-order valence-corrected chi connectivity index (χ2v) is 4.23. The first kappa shape index (κ1) is 15.7.